The van der Waals surface area contributed by atoms with Crippen molar-refractivity contribution in [2.24, 2.45) is 0 Å². The number of hydrogen-bond acceptors (Lipinski definition) is 6. The normalized spacial score (nSPS) is 9.65. The van der Waals surface area contributed by atoms with Crippen molar-refractivity contribution in [3.8, 4) is 11.5 Å². The maximum Gasteiger partial charge on any atom is 0.168 e. The molecule has 2 rings (SSSR count). The number of carbonyl (C=O) groups is 1. The van der Waals surface area contributed by atoms with Crippen molar-refractivity contribution >= 4 is 5.78 Å². The molecule has 8 heteroatoms. The molecule has 0 bridgehead atoms. The van der Waals surface area contributed by atoms with E-state index in [9.17, 15) is 9.90 Å². The number of ketones is 1. The summed E-state index contributed by atoms with van der Waals surface area (Å²) < 4.78 is 0. The van der Waals surface area contributed by atoms with Gasteiger partial charge in [-0.3, -0.25) is 20.3 Å². The van der Waals surface area contributed by atoms with Crippen LogP contribution in [0.4, 0.5) is 0 Å². The molecule has 17 heavy (non-hydrogen) atoms. The molecule has 0 fully saturated rings. The summed E-state index contributed by atoms with van der Waals surface area (Å²) in [5, 5.41) is 31.8. The number of benzene rings is 1. The standard InChI is InChI=1S/C9H8N4O3.V/c14-6-2-1-5(3-8(6)16)7(15)4-9-10-12-13-11-9;/h1-3H,4H2,(H3,10,11,12,13,14,15,16);/p-1. The Morgan fingerprint density at radius 2 is 2.06 bits per heavy atom. The molecule has 87 valence electrons. The van der Waals surface area contributed by atoms with E-state index in [0.717, 1.165) is 0 Å². The molecule has 1 heterocycles. The molecule has 2 N–H and O–H groups in total. The Hall–Kier alpha value is -1.86. The second-order valence-electron chi connectivity index (χ2n) is 3.10. The Bertz CT molecular complexity index is 515. The first kappa shape index (κ1) is 13.2. The molecular weight excluding hydrogens is 263 g/mol. The van der Waals surface area contributed by atoms with Crippen LogP contribution in [0.15, 0.2) is 18.2 Å². The van der Waals surface area contributed by atoms with Crippen LogP contribution in [0.1, 0.15) is 16.2 Å². The Morgan fingerprint density at radius 1 is 1.29 bits per heavy atom. The second kappa shape index (κ2) is 5.47. The van der Waals surface area contributed by atoms with Crippen LogP contribution in [0, 0.1) is 0 Å². The average Bonchev–Trinajstić information content (AvgIpc) is 2.74. The Balaban J connectivity index is 0.00000144. The number of Topliss-reactive ketones (excluding diaryl/α,β-unsaturated/α-hetero) is 1. The summed E-state index contributed by atoms with van der Waals surface area (Å²) in [7, 11) is 0. The predicted molar refractivity (Wildman–Crippen MR) is 51.0 cm³/mol. The number of tetrazole rings is 1. The van der Waals surface area contributed by atoms with Gasteiger partial charge in [0.2, 0.25) is 0 Å². The third-order valence-corrected chi connectivity index (χ3v) is 1.98. The minimum Gasteiger partial charge on any atom is -0.504 e. The fraction of sp³-hybridized carbons (Fsp3) is 0.111. The number of aromatic nitrogens is 4. The van der Waals surface area contributed by atoms with Gasteiger partial charge >= 0.3 is 0 Å². The van der Waals surface area contributed by atoms with E-state index in [1.54, 1.807) is 0 Å². The molecule has 0 spiro atoms. The van der Waals surface area contributed by atoms with E-state index in [-0.39, 0.29) is 53.6 Å². The smallest absolute Gasteiger partial charge is 0.168 e. The molecule has 0 saturated heterocycles. The van der Waals surface area contributed by atoms with E-state index in [0.29, 0.717) is 0 Å². The van der Waals surface area contributed by atoms with Crippen molar-refractivity contribution in [2.75, 3.05) is 0 Å². The Morgan fingerprint density at radius 3 is 2.65 bits per heavy atom. The molecule has 0 aliphatic heterocycles. The molecule has 1 aromatic carbocycles. The summed E-state index contributed by atoms with van der Waals surface area (Å²) in [6.07, 6.45) is -0.0444. The number of rotatable bonds is 3. The summed E-state index contributed by atoms with van der Waals surface area (Å²) >= 11 is 0. The third kappa shape index (κ3) is 3.05. The van der Waals surface area contributed by atoms with Crippen LogP contribution in [-0.4, -0.2) is 31.4 Å². The maximum atomic E-state index is 11.6. The van der Waals surface area contributed by atoms with Crippen molar-refractivity contribution in [3.63, 3.8) is 0 Å². The van der Waals surface area contributed by atoms with E-state index < -0.39 is 0 Å². The molecule has 0 aliphatic carbocycles. The molecule has 0 unspecified atom stereocenters. The summed E-state index contributed by atoms with van der Waals surface area (Å²) in [6.45, 7) is 0. The molecule has 0 aliphatic rings. The number of phenolic OH excluding ortho intramolecular Hbond substituents is 2. The van der Waals surface area contributed by atoms with Gasteiger partial charge in [0.1, 0.15) is 0 Å². The molecule has 2 aromatic rings. The average molecular weight is 270 g/mol. The topological polar surface area (TPSA) is 110 Å². The van der Waals surface area contributed by atoms with Crippen LogP contribution in [0.3, 0.4) is 0 Å². The van der Waals surface area contributed by atoms with Gasteiger partial charge in [0.05, 0.1) is 12.2 Å². The SMILES string of the molecule is O=C(Cc1nn[n-]n1)c1ccc(O)c(O)c1.[V]. The molecule has 1 aromatic heterocycles. The second-order valence-corrected chi connectivity index (χ2v) is 3.10. The molecular formula is C9H7N4O3V-. The number of carbonyl (C=O) groups excluding carboxylic acids is 1. The summed E-state index contributed by atoms with van der Waals surface area (Å²) in [4.78, 5) is 11.6. The van der Waals surface area contributed by atoms with E-state index in [1.807, 2.05) is 0 Å². The van der Waals surface area contributed by atoms with Crippen LogP contribution in [0.5, 0.6) is 11.5 Å². The Labute approximate surface area is 108 Å². The van der Waals surface area contributed by atoms with Crippen LogP contribution < -0.4 is 5.21 Å². The van der Waals surface area contributed by atoms with Crippen LogP contribution in [-0.2, 0) is 25.0 Å². The quantitative estimate of drug-likeness (QED) is 0.580. The van der Waals surface area contributed by atoms with E-state index in [1.165, 1.54) is 18.2 Å². The third-order valence-electron chi connectivity index (χ3n) is 1.98. The largest absolute Gasteiger partial charge is 0.504 e. The van der Waals surface area contributed by atoms with Gasteiger partial charge < -0.3 is 15.3 Å². The Kier molecular flexibility index (Phi) is 4.25. The van der Waals surface area contributed by atoms with Crippen molar-refractivity contribution in [2.45, 2.75) is 6.42 Å². The molecule has 0 atom stereocenters. The first-order valence-electron chi connectivity index (χ1n) is 4.39. The first-order valence-corrected chi connectivity index (χ1v) is 4.39. The minimum absolute atomic E-state index is 0. The predicted octanol–water partition coefficient (Wildman–Crippen LogP) is -0.337. The van der Waals surface area contributed by atoms with E-state index in [2.05, 4.69) is 20.6 Å². The molecule has 0 saturated carbocycles. The monoisotopic (exact) mass is 270 g/mol. The van der Waals surface area contributed by atoms with Gasteiger partial charge in [0, 0.05) is 24.1 Å². The molecule has 7 nitrogen and oxygen atoms in total. The van der Waals surface area contributed by atoms with Gasteiger partial charge in [0.15, 0.2) is 17.3 Å². The van der Waals surface area contributed by atoms with Crippen molar-refractivity contribution in [1.82, 2.24) is 20.6 Å². The summed E-state index contributed by atoms with van der Waals surface area (Å²) in [6, 6.07) is 3.83. The minimum atomic E-state index is -0.342. The van der Waals surface area contributed by atoms with Crippen LogP contribution >= 0.6 is 0 Å². The van der Waals surface area contributed by atoms with Gasteiger partial charge in [-0.05, 0) is 18.2 Å². The fourth-order valence-electron chi connectivity index (χ4n) is 1.18. The molecule has 0 amide bonds. The number of phenols is 2. The first-order chi connectivity index (χ1) is 7.66. The van der Waals surface area contributed by atoms with Crippen molar-refractivity contribution in [3.05, 3.63) is 29.6 Å². The van der Waals surface area contributed by atoms with Crippen molar-refractivity contribution in [1.29, 1.82) is 0 Å². The van der Waals surface area contributed by atoms with Crippen LogP contribution in [0.25, 0.3) is 0 Å². The van der Waals surface area contributed by atoms with Crippen molar-refractivity contribution < 1.29 is 33.6 Å². The molecule has 1 radical (unpaired) electrons. The van der Waals surface area contributed by atoms with E-state index in [4.69, 9.17) is 5.11 Å². The summed E-state index contributed by atoms with van der Waals surface area (Å²) in [5.74, 6) is -0.683. The van der Waals surface area contributed by atoms with Gasteiger partial charge in [0.25, 0.3) is 0 Å². The number of nitrogens with zero attached hydrogens (tertiary/aromatic N) is 4. The maximum absolute atomic E-state index is 11.6. The van der Waals surface area contributed by atoms with Gasteiger partial charge in [-0.15, -0.1) is 0 Å². The number of hydrogen-bond donors (Lipinski definition) is 2. The zero-order valence-electron chi connectivity index (χ0n) is 8.48. The van der Waals surface area contributed by atoms with E-state index >= 15 is 0 Å². The van der Waals surface area contributed by atoms with Gasteiger partial charge in [-0.2, -0.15) is 0 Å². The summed E-state index contributed by atoms with van der Waals surface area (Å²) in [5.41, 5.74) is 0.264. The zero-order chi connectivity index (χ0) is 11.5. The fourth-order valence-corrected chi connectivity index (χ4v) is 1.18. The van der Waals surface area contributed by atoms with Crippen LogP contribution in [0.2, 0.25) is 0 Å². The van der Waals surface area contributed by atoms with Gasteiger partial charge in [-0.1, -0.05) is 0 Å². The number of aromatic hydroxyl groups is 2. The van der Waals surface area contributed by atoms with Gasteiger partial charge in [-0.25, -0.2) is 0 Å². The zero-order valence-corrected chi connectivity index (χ0v) is 9.87.